The number of hydrogen-bond donors (Lipinski definition) is 3. The molecule has 0 aromatic heterocycles. The summed E-state index contributed by atoms with van der Waals surface area (Å²) in [5, 5.41) is 12.8. The highest BCUT2D eigenvalue weighted by atomic mass is 19.1. The molecule has 0 aromatic carbocycles. The topological polar surface area (TPSA) is 90.8 Å². The van der Waals surface area contributed by atoms with Crippen molar-refractivity contribution in [1.82, 2.24) is 10.9 Å². The Bertz CT molecular complexity index is 557. The summed E-state index contributed by atoms with van der Waals surface area (Å²) in [7, 11) is 0. The number of nitrogens with zero attached hydrogens (tertiary/aromatic N) is 1. The molecular formula is C21H34FN3O3. The van der Waals surface area contributed by atoms with E-state index in [2.05, 4.69) is 10.5 Å². The number of carbonyl (C=O) groups is 2. The quantitative estimate of drug-likeness (QED) is 0.376. The van der Waals surface area contributed by atoms with Gasteiger partial charge in [-0.3, -0.25) is 14.8 Å². The van der Waals surface area contributed by atoms with Crippen LogP contribution in [-0.2, 0) is 9.59 Å². The van der Waals surface area contributed by atoms with Gasteiger partial charge in [0.2, 0.25) is 11.8 Å². The zero-order valence-electron chi connectivity index (χ0n) is 16.6. The highest BCUT2D eigenvalue weighted by molar-refractivity contribution is 5.81. The molecule has 158 valence electrons. The molecule has 3 N–H and O–H groups in total. The highest BCUT2D eigenvalue weighted by Gasteiger charge is 2.35. The van der Waals surface area contributed by atoms with Gasteiger partial charge in [-0.1, -0.05) is 32.1 Å². The van der Waals surface area contributed by atoms with Crippen molar-refractivity contribution >= 4 is 18.0 Å². The number of amides is 2. The van der Waals surface area contributed by atoms with Crippen LogP contribution in [0.1, 0.15) is 77.0 Å². The van der Waals surface area contributed by atoms with Crippen molar-refractivity contribution in [2.45, 2.75) is 83.2 Å². The van der Waals surface area contributed by atoms with Gasteiger partial charge in [0.25, 0.3) is 0 Å². The summed E-state index contributed by atoms with van der Waals surface area (Å²) < 4.78 is 14.7. The third-order valence-corrected chi connectivity index (χ3v) is 7.16. The lowest BCUT2D eigenvalue weighted by molar-refractivity contribution is -0.136. The zero-order valence-corrected chi connectivity index (χ0v) is 16.6. The molecule has 3 atom stereocenters. The van der Waals surface area contributed by atoms with Crippen LogP contribution in [0.4, 0.5) is 4.39 Å². The van der Waals surface area contributed by atoms with Crippen molar-refractivity contribution in [3.8, 4) is 0 Å². The lowest BCUT2D eigenvalue weighted by Crippen LogP contribution is -2.36. The van der Waals surface area contributed by atoms with Crippen LogP contribution in [0.5, 0.6) is 0 Å². The number of nitrogens with one attached hydrogen (secondary N) is 2. The van der Waals surface area contributed by atoms with Crippen molar-refractivity contribution in [2.75, 3.05) is 0 Å². The lowest BCUT2D eigenvalue weighted by Gasteiger charge is -2.37. The summed E-state index contributed by atoms with van der Waals surface area (Å²) in [5.74, 6) is -0.0168. The van der Waals surface area contributed by atoms with Gasteiger partial charge in [0.05, 0.1) is 0 Å². The average Bonchev–Trinajstić information content (AvgIpc) is 2.74. The van der Waals surface area contributed by atoms with E-state index in [0.29, 0.717) is 38.0 Å². The molecule has 3 aliphatic carbocycles. The zero-order chi connectivity index (χ0) is 19.9. The third-order valence-electron chi connectivity index (χ3n) is 7.16. The van der Waals surface area contributed by atoms with Gasteiger partial charge in [-0.05, 0) is 62.7 Å². The van der Waals surface area contributed by atoms with Crippen LogP contribution in [0.3, 0.4) is 0 Å². The minimum atomic E-state index is -0.753. The number of halogens is 1. The summed E-state index contributed by atoms with van der Waals surface area (Å²) >= 11 is 0. The van der Waals surface area contributed by atoms with Crippen LogP contribution >= 0.6 is 0 Å². The van der Waals surface area contributed by atoms with Crippen LogP contribution in [0, 0.1) is 29.6 Å². The Morgan fingerprint density at radius 3 is 2.14 bits per heavy atom. The Morgan fingerprint density at radius 2 is 1.54 bits per heavy atom. The first kappa shape index (κ1) is 21.2. The number of hydroxylamine groups is 1. The van der Waals surface area contributed by atoms with Gasteiger partial charge < -0.3 is 0 Å². The summed E-state index contributed by atoms with van der Waals surface area (Å²) in [6.07, 6.45) is 11.9. The normalized spacial score (nSPS) is 34.9. The molecular weight excluding hydrogens is 361 g/mol. The van der Waals surface area contributed by atoms with Crippen LogP contribution in [0.15, 0.2) is 5.10 Å². The Kier molecular flexibility index (Phi) is 7.82. The second kappa shape index (κ2) is 10.3. The number of rotatable bonds is 5. The molecule has 0 aliphatic heterocycles. The smallest absolute Gasteiger partial charge is 0.246 e. The molecule has 3 fully saturated rings. The molecule has 0 bridgehead atoms. The third kappa shape index (κ3) is 5.52. The van der Waals surface area contributed by atoms with Gasteiger partial charge in [0.15, 0.2) is 0 Å². The second-order valence-electron chi connectivity index (χ2n) is 8.93. The molecule has 0 spiro atoms. The van der Waals surface area contributed by atoms with Gasteiger partial charge in [-0.2, -0.15) is 5.10 Å². The predicted molar refractivity (Wildman–Crippen MR) is 104 cm³/mol. The van der Waals surface area contributed by atoms with E-state index in [4.69, 9.17) is 5.21 Å². The van der Waals surface area contributed by atoms with E-state index in [0.717, 1.165) is 12.8 Å². The Balaban J connectivity index is 1.38. The number of carbonyl (C=O) groups excluding carboxylic acids is 2. The maximum atomic E-state index is 14.7. The molecule has 0 aromatic rings. The van der Waals surface area contributed by atoms with Crippen molar-refractivity contribution in [3.05, 3.63) is 0 Å². The minimum Gasteiger partial charge on any atom is -0.289 e. The van der Waals surface area contributed by atoms with E-state index < -0.39 is 6.17 Å². The summed E-state index contributed by atoms with van der Waals surface area (Å²) in [6, 6.07) is 0. The highest BCUT2D eigenvalue weighted by Crippen LogP contribution is 2.41. The maximum Gasteiger partial charge on any atom is 0.246 e. The number of hydrogen-bond acceptors (Lipinski definition) is 4. The van der Waals surface area contributed by atoms with Crippen molar-refractivity contribution < 1.29 is 19.2 Å². The lowest BCUT2D eigenvalue weighted by atomic mass is 9.70. The first-order valence-corrected chi connectivity index (χ1v) is 11.0. The van der Waals surface area contributed by atoms with E-state index in [1.54, 1.807) is 11.7 Å². The molecule has 3 unspecified atom stereocenters. The number of alkyl halides is 1. The standard InChI is InChI=1S/C21H34FN3O3/c22-19-12-14(6-11-18(19)15-4-2-1-3-5-15)13-23-24-20(26)16-7-9-17(10-8-16)21(27)25-28/h13-19,28H,1-12H2,(H,24,26)(H,25,27)/b23-13+. The molecule has 3 aliphatic rings. The van der Waals surface area contributed by atoms with Gasteiger partial charge in [0.1, 0.15) is 6.17 Å². The average molecular weight is 396 g/mol. The first-order chi connectivity index (χ1) is 13.6. The molecule has 2 amide bonds. The maximum absolute atomic E-state index is 14.7. The van der Waals surface area contributed by atoms with E-state index in [9.17, 15) is 14.0 Å². The fourth-order valence-electron chi connectivity index (χ4n) is 5.40. The first-order valence-electron chi connectivity index (χ1n) is 11.0. The Morgan fingerprint density at radius 1 is 0.893 bits per heavy atom. The fraction of sp³-hybridized carbons (Fsp3) is 0.857. The second-order valence-corrected chi connectivity index (χ2v) is 8.93. The van der Waals surface area contributed by atoms with Gasteiger partial charge >= 0.3 is 0 Å². The van der Waals surface area contributed by atoms with Crippen LogP contribution < -0.4 is 10.9 Å². The van der Waals surface area contributed by atoms with Gasteiger partial charge in [0, 0.05) is 18.1 Å². The molecule has 3 rings (SSSR count). The van der Waals surface area contributed by atoms with Gasteiger partial charge in [-0.15, -0.1) is 0 Å². The van der Waals surface area contributed by atoms with Crippen molar-refractivity contribution in [3.63, 3.8) is 0 Å². The molecule has 7 heteroatoms. The predicted octanol–water partition coefficient (Wildman–Crippen LogP) is 3.73. The van der Waals surface area contributed by atoms with Crippen molar-refractivity contribution in [2.24, 2.45) is 34.7 Å². The summed E-state index contributed by atoms with van der Waals surface area (Å²) in [5.41, 5.74) is 4.29. The van der Waals surface area contributed by atoms with E-state index in [-0.39, 0.29) is 35.5 Å². The van der Waals surface area contributed by atoms with Crippen LogP contribution in [0.25, 0.3) is 0 Å². The number of hydrazone groups is 1. The van der Waals surface area contributed by atoms with Crippen molar-refractivity contribution in [1.29, 1.82) is 0 Å². The molecule has 28 heavy (non-hydrogen) atoms. The van der Waals surface area contributed by atoms with E-state index in [1.807, 2.05) is 0 Å². The summed E-state index contributed by atoms with van der Waals surface area (Å²) in [6.45, 7) is 0. The van der Waals surface area contributed by atoms with Gasteiger partial charge in [-0.25, -0.2) is 15.3 Å². The Hall–Kier alpha value is -1.50. The monoisotopic (exact) mass is 395 g/mol. The SMILES string of the molecule is O=C(NO)C1CCC(C(=O)N/N=C/C2CCC(C3CCCCC3)C(F)C2)CC1. The molecule has 3 saturated carbocycles. The summed E-state index contributed by atoms with van der Waals surface area (Å²) in [4.78, 5) is 23.7. The minimum absolute atomic E-state index is 0.0964. The molecule has 6 nitrogen and oxygen atoms in total. The Labute approximate surface area is 166 Å². The molecule has 0 radical (unpaired) electrons. The molecule has 0 saturated heterocycles. The van der Waals surface area contributed by atoms with Crippen LogP contribution in [-0.4, -0.2) is 29.4 Å². The van der Waals surface area contributed by atoms with Crippen LogP contribution in [0.2, 0.25) is 0 Å². The fourth-order valence-corrected chi connectivity index (χ4v) is 5.40. The van der Waals surface area contributed by atoms with E-state index in [1.165, 1.54) is 32.1 Å². The largest absolute Gasteiger partial charge is 0.289 e. The van der Waals surface area contributed by atoms with E-state index >= 15 is 0 Å². The molecule has 0 heterocycles.